The van der Waals surface area contributed by atoms with Crippen molar-refractivity contribution in [2.24, 2.45) is 16.9 Å². The maximum absolute atomic E-state index is 5.23. The molecule has 2 aliphatic rings. The van der Waals surface area contributed by atoms with Crippen LogP contribution in [0, 0.1) is 11.8 Å². The monoisotopic (exact) mass is 263 g/mol. The summed E-state index contributed by atoms with van der Waals surface area (Å²) in [6.07, 6.45) is 8.62. The summed E-state index contributed by atoms with van der Waals surface area (Å²) in [5, 5.41) is 8.02. The second kappa shape index (κ2) is 5.10. The predicted octanol–water partition coefficient (Wildman–Crippen LogP) is 2.27. The minimum absolute atomic E-state index is 0.544. The van der Waals surface area contributed by atoms with Crippen molar-refractivity contribution >= 4 is 23.5 Å². The highest BCUT2D eigenvalue weighted by Gasteiger charge is 2.39. The van der Waals surface area contributed by atoms with Crippen LogP contribution in [0.1, 0.15) is 31.4 Å². The molecule has 18 heavy (non-hydrogen) atoms. The second-order valence-corrected chi connectivity index (χ2v) is 5.55. The molecule has 0 amide bonds. The fourth-order valence-electron chi connectivity index (χ4n) is 3.14. The molecule has 96 valence electrons. The Morgan fingerprint density at radius 3 is 3.06 bits per heavy atom. The number of hydrazone groups is 1. The molecule has 2 fully saturated rings. The van der Waals surface area contributed by atoms with Crippen molar-refractivity contribution in [3.63, 3.8) is 0 Å². The Morgan fingerprint density at radius 2 is 2.39 bits per heavy atom. The van der Waals surface area contributed by atoms with Crippen LogP contribution in [0.15, 0.2) is 27.9 Å². The molecule has 1 heterocycles. The first-order valence-electron chi connectivity index (χ1n) is 6.44. The molecule has 1 aromatic heterocycles. The quantitative estimate of drug-likeness (QED) is 0.499. The van der Waals surface area contributed by atoms with Crippen molar-refractivity contribution in [2.75, 3.05) is 0 Å². The van der Waals surface area contributed by atoms with Gasteiger partial charge in [-0.2, -0.15) is 5.10 Å². The van der Waals surface area contributed by atoms with Gasteiger partial charge in [0.1, 0.15) is 5.76 Å². The smallest absolute Gasteiger partial charge is 0.187 e. The lowest BCUT2D eigenvalue weighted by Crippen LogP contribution is -2.42. The van der Waals surface area contributed by atoms with Gasteiger partial charge in [-0.15, -0.1) is 0 Å². The first kappa shape index (κ1) is 11.7. The van der Waals surface area contributed by atoms with Crippen LogP contribution in [-0.2, 0) is 0 Å². The molecule has 2 N–H and O–H groups in total. The van der Waals surface area contributed by atoms with Gasteiger partial charge >= 0.3 is 0 Å². The number of rotatable bonds is 3. The van der Waals surface area contributed by atoms with E-state index in [2.05, 4.69) is 15.8 Å². The number of thiocarbonyl (C=S) groups is 1. The first-order chi connectivity index (χ1) is 8.81. The van der Waals surface area contributed by atoms with Crippen molar-refractivity contribution in [3.05, 3.63) is 24.2 Å². The highest BCUT2D eigenvalue weighted by Crippen LogP contribution is 2.44. The Balaban J connectivity index is 1.45. The molecule has 0 spiro atoms. The maximum Gasteiger partial charge on any atom is 0.187 e. The van der Waals surface area contributed by atoms with Gasteiger partial charge in [-0.1, -0.05) is 6.42 Å². The van der Waals surface area contributed by atoms with Crippen LogP contribution in [0.2, 0.25) is 0 Å². The number of nitrogens with one attached hydrogen (secondary N) is 2. The predicted molar refractivity (Wildman–Crippen MR) is 74.4 cm³/mol. The van der Waals surface area contributed by atoms with Crippen LogP contribution in [0.5, 0.6) is 0 Å². The van der Waals surface area contributed by atoms with Gasteiger partial charge in [0.15, 0.2) is 5.11 Å². The van der Waals surface area contributed by atoms with Crippen molar-refractivity contribution in [2.45, 2.75) is 31.7 Å². The highest BCUT2D eigenvalue weighted by atomic mass is 32.1. The zero-order valence-electron chi connectivity index (χ0n) is 10.1. The summed E-state index contributed by atoms with van der Waals surface area (Å²) in [5.74, 6) is 2.44. The summed E-state index contributed by atoms with van der Waals surface area (Å²) < 4.78 is 5.14. The van der Waals surface area contributed by atoms with Crippen LogP contribution >= 0.6 is 12.2 Å². The van der Waals surface area contributed by atoms with Gasteiger partial charge in [0.2, 0.25) is 0 Å². The lowest BCUT2D eigenvalue weighted by Gasteiger charge is -2.23. The third kappa shape index (κ3) is 2.56. The van der Waals surface area contributed by atoms with Gasteiger partial charge in [0.05, 0.1) is 12.5 Å². The molecule has 2 saturated carbocycles. The molecule has 2 bridgehead atoms. The summed E-state index contributed by atoms with van der Waals surface area (Å²) in [7, 11) is 0. The average molecular weight is 263 g/mol. The first-order valence-corrected chi connectivity index (χ1v) is 6.85. The molecule has 1 aromatic rings. The normalized spacial score (nSPS) is 29.9. The Hall–Kier alpha value is -1.36. The van der Waals surface area contributed by atoms with Gasteiger partial charge in [-0.25, -0.2) is 0 Å². The van der Waals surface area contributed by atoms with E-state index in [1.54, 1.807) is 12.5 Å². The molecule has 0 aromatic carbocycles. The van der Waals surface area contributed by atoms with Crippen LogP contribution < -0.4 is 10.7 Å². The zero-order valence-corrected chi connectivity index (χ0v) is 11.0. The maximum atomic E-state index is 5.23. The molecule has 5 heteroatoms. The van der Waals surface area contributed by atoms with Crippen molar-refractivity contribution in [1.29, 1.82) is 0 Å². The summed E-state index contributed by atoms with van der Waals surface area (Å²) in [6.45, 7) is 0. The summed E-state index contributed by atoms with van der Waals surface area (Å²) in [6, 6.07) is 4.22. The van der Waals surface area contributed by atoms with Gasteiger partial charge in [0, 0.05) is 6.04 Å². The molecule has 3 atom stereocenters. The molecule has 0 saturated heterocycles. The lowest BCUT2D eigenvalue weighted by atomic mass is 9.96. The second-order valence-electron chi connectivity index (χ2n) is 5.14. The van der Waals surface area contributed by atoms with E-state index >= 15 is 0 Å². The molecular weight excluding hydrogens is 246 g/mol. The van der Waals surface area contributed by atoms with E-state index in [0.29, 0.717) is 16.9 Å². The van der Waals surface area contributed by atoms with Crippen LogP contribution in [-0.4, -0.2) is 17.4 Å². The zero-order chi connectivity index (χ0) is 12.4. The Labute approximate surface area is 112 Å². The molecule has 0 aliphatic heterocycles. The third-order valence-electron chi connectivity index (χ3n) is 3.96. The number of fused-ring (bicyclic) bond motifs is 2. The van der Waals surface area contributed by atoms with E-state index in [0.717, 1.165) is 11.8 Å². The SMILES string of the molecule is S=C(N/N=C\c1ccco1)N[C@@H]1C[C@@H]2CC[C@H]1C2. The number of hydrogen-bond donors (Lipinski definition) is 2. The van der Waals surface area contributed by atoms with Crippen molar-refractivity contribution < 1.29 is 4.42 Å². The summed E-state index contributed by atoms with van der Waals surface area (Å²) in [4.78, 5) is 0. The van der Waals surface area contributed by atoms with Gasteiger partial charge in [-0.3, -0.25) is 5.43 Å². The molecule has 0 radical (unpaired) electrons. The van der Waals surface area contributed by atoms with E-state index in [9.17, 15) is 0 Å². The highest BCUT2D eigenvalue weighted by molar-refractivity contribution is 7.80. The van der Waals surface area contributed by atoms with E-state index in [1.807, 2.05) is 12.1 Å². The minimum Gasteiger partial charge on any atom is -0.463 e. The molecule has 3 rings (SSSR count). The molecule has 4 nitrogen and oxygen atoms in total. The third-order valence-corrected chi connectivity index (χ3v) is 4.16. The Kier molecular flexibility index (Phi) is 3.32. The number of nitrogens with zero attached hydrogens (tertiary/aromatic N) is 1. The Bertz CT molecular complexity index is 443. The van der Waals surface area contributed by atoms with E-state index < -0.39 is 0 Å². The van der Waals surface area contributed by atoms with Gasteiger partial charge < -0.3 is 9.73 Å². The summed E-state index contributed by atoms with van der Waals surface area (Å²) >= 11 is 5.23. The molecule has 0 unspecified atom stereocenters. The van der Waals surface area contributed by atoms with E-state index in [4.69, 9.17) is 16.6 Å². The topological polar surface area (TPSA) is 49.6 Å². The van der Waals surface area contributed by atoms with Crippen LogP contribution in [0.25, 0.3) is 0 Å². The summed E-state index contributed by atoms with van der Waals surface area (Å²) in [5.41, 5.74) is 2.84. The molecule has 2 aliphatic carbocycles. The van der Waals surface area contributed by atoms with Crippen LogP contribution in [0.4, 0.5) is 0 Å². The number of hydrogen-bond acceptors (Lipinski definition) is 3. The van der Waals surface area contributed by atoms with Crippen molar-refractivity contribution in [3.8, 4) is 0 Å². The van der Waals surface area contributed by atoms with Crippen LogP contribution in [0.3, 0.4) is 0 Å². The molecular formula is C13H17N3OS. The largest absolute Gasteiger partial charge is 0.463 e. The number of furan rings is 1. The fraction of sp³-hybridized carbons (Fsp3) is 0.538. The van der Waals surface area contributed by atoms with E-state index in [-0.39, 0.29) is 0 Å². The minimum atomic E-state index is 0.544. The standard InChI is InChI=1S/C13H17N3OS/c18-13(16-14-8-11-2-1-5-17-11)15-12-7-9-3-4-10(12)6-9/h1-2,5,8-10,12H,3-4,6-7H2,(H2,15,16,18)/b14-8-/t9-,10+,12-/m1/s1. The van der Waals surface area contributed by atoms with Gasteiger partial charge in [-0.05, 0) is 55.4 Å². The Morgan fingerprint density at radius 1 is 1.44 bits per heavy atom. The van der Waals surface area contributed by atoms with Crippen molar-refractivity contribution in [1.82, 2.24) is 10.7 Å². The van der Waals surface area contributed by atoms with Gasteiger partial charge in [0.25, 0.3) is 0 Å². The average Bonchev–Trinajstić information content (AvgIpc) is 3.04. The fourth-order valence-corrected chi connectivity index (χ4v) is 3.35. The lowest BCUT2D eigenvalue weighted by molar-refractivity contribution is 0.389. The van der Waals surface area contributed by atoms with E-state index in [1.165, 1.54) is 25.7 Å².